The zero-order valence-corrected chi connectivity index (χ0v) is 16.9. The van der Waals surface area contributed by atoms with Gasteiger partial charge in [-0.25, -0.2) is 4.98 Å². The molecule has 2 atom stereocenters. The van der Waals surface area contributed by atoms with Crippen LogP contribution < -0.4 is 11.1 Å². The minimum absolute atomic E-state index is 0. The Balaban J connectivity index is 0.00000288. The van der Waals surface area contributed by atoms with Crippen LogP contribution in [0.4, 0.5) is 0 Å². The number of nitrogens with zero attached hydrogens (tertiary/aromatic N) is 1. The van der Waals surface area contributed by atoms with Gasteiger partial charge in [0, 0.05) is 17.1 Å². The quantitative estimate of drug-likeness (QED) is 0.730. The molecule has 0 spiro atoms. The van der Waals surface area contributed by atoms with Gasteiger partial charge in [0.25, 0.3) is 0 Å². The molecule has 1 aromatic heterocycles. The van der Waals surface area contributed by atoms with E-state index in [2.05, 4.69) is 26.2 Å². The van der Waals surface area contributed by atoms with Gasteiger partial charge in [-0.1, -0.05) is 34.1 Å². The van der Waals surface area contributed by atoms with Gasteiger partial charge in [0.2, 0.25) is 5.91 Å². The molecule has 3 N–H and O–H groups in total. The van der Waals surface area contributed by atoms with Crippen LogP contribution in [0.15, 0.2) is 28.7 Å². The van der Waals surface area contributed by atoms with Crippen molar-refractivity contribution >= 4 is 45.6 Å². The summed E-state index contributed by atoms with van der Waals surface area (Å²) in [6, 6.07) is 7.13. The number of ether oxygens (including phenoxy) is 1. The molecule has 24 heavy (non-hydrogen) atoms. The molecule has 2 unspecified atom stereocenters. The summed E-state index contributed by atoms with van der Waals surface area (Å²) in [6.45, 7) is 4.08. The Bertz CT molecular complexity index is 696. The van der Waals surface area contributed by atoms with Gasteiger partial charge in [0.15, 0.2) is 0 Å². The van der Waals surface area contributed by atoms with Crippen LogP contribution in [0.5, 0.6) is 0 Å². The van der Waals surface area contributed by atoms with Crippen molar-refractivity contribution < 1.29 is 9.53 Å². The van der Waals surface area contributed by atoms with Gasteiger partial charge in [-0.3, -0.25) is 4.79 Å². The molecule has 0 saturated heterocycles. The van der Waals surface area contributed by atoms with Crippen molar-refractivity contribution in [3.05, 3.63) is 39.3 Å². The summed E-state index contributed by atoms with van der Waals surface area (Å²) in [5, 5.41) is 3.84. The van der Waals surface area contributed by atoms with Gasteiger partial charge in [-0.05, 0) is 19.9 Å². The van der Waals surface area contributed by atoms with E-state index >= 15 is 0 Å². The van der Waals surface area contributed by atoms with Crippen LogP contribution >= 0.6 is 39.7 Å². The number of thiazole rings is 1. The van der Waals surface area contributed by atoms with E-state index in [1.807, 2.05) is 38.1 Å². The number of halogens is 2. The van der Waals surface area contributed by atoms with E-state index in [9.17, 15) is 4.79 Å². The maximum Gasteiger partial charge on any atom is 0.239 e. The number of nitrogens with one attached hydrogen (secondary N) is 1. The van der Waals surface area contributed by atoms with E-state index in [4.69, 9.17) is 10.5 Å². The minimum atomic E-state index is -0.668. The highest BCUT2D eigenvalue weighted by Gasteiger charge is 2.20. The Kier molecular flexibility index (Phi) is 8.32. The smallest absolute Gasteiger partial charge is 0.239 e. The fourth-order valence-corrected chi connectivity index (χ4v) is 3.91. The fraction of sp³-hybridized carbons (Fsp3) is 0.375. The van der Waals surface area contributed by atoms with Crippen molar-refractivity contribution in [2.24, 2.45) is 5.73 Å². The van der Waals surface area contributed by atoms with Crippen molar-refractivity contribution in [1.82, 2.24) is 10.3 Å². The van der Waals surface area contributed by atoms with Crippen molar-refractivity contribution in [2.45, 2.75) is 25.9 Å². The van der Waals surface area contributed by atoms with Crippen LogP contribution in [0.25, 0.3) is 10.6 Å². The number of aryl methyl sites for hydroxylation is 1. The van der Waals surface area contributed by atoms with Crippen molar-refractivity contribution in [3.63, 3.8) is 0 Å². The first-order valence-electron chi connectivity index (χ1n) is 7.21. The van der Waals surface area contributed by atoms with Crippen molar-refractivity contribution in [1.29, 1.82) is 0 Å². The maximum absolute atomic E-state index is 12.0. The number of hydrogen-bond donors (Lipinski definition) is 2. The molecule has 5 nitrogen and oxygen atoms in total. The van der Waals surface area contributed by atoms with Gasteiger partial charge < -0.3 is 15.8 Å². The van der Waals surface area contributed by atoms with E-state index in [1.165, 1.54) is 7.11 Å². The number of nitrogens with two attached hydrogens (primary N) is 1. The first kappa shape index (κ1) is 21.1. The zero-order chi connectivity index (χ0) is 17.0. The molecule has 0 aliphatic heterocycles. The summed E-state index contributed by atoms with van der Waals surface area (Å²) in [6.07, 6.45) is 0. The number of aromatic nitrogens is 1. The number of amides is 1. The second-order valence-electron chi connectivity index (χ2n) is 5.24. The number of carbonyl (C=O) groups excluding carboxylic acids is 1. The predicted molar refractivity (Wildman–Crippen MR) is 104 cm³/mol. The molecule has 2 rings (SSSR count). The second-order valence-corrected chi connectivity index (χ2v) is 7.13. The molecule has 0 saturated carbocycles. The monoisotopic (exact) mass is 433 g/mol. The molecule has 2 aromatic rings. The molecule has 132 valence electrons. The lowest BCUT2D eigenvalue weighted by Crippen LogP contribution is -2.44. The molecule has 0 aliphatic carbocycles. The summed E-state index contributed by atoms with van der Waals surface area (Å²) in [5.41, 5.74) is 7.71. The van der Waals surface area contributed by atoms with Crippen LogP contribution in [0.2, 0.25) is 0 Å². The van der Waals surface area contributed by atoms with E-state index in [1.54, 1.807) is 11.3 Å². The third-order valence-corrected chi connectivity index (χ3v) is 5.44. The number of benzene rings is 1. The second kappa shape index (κ2) is 9.48. The largest absolute Gasteiger partial charge is 0.383 e. The van der Waals surface area contributed by atoms with E-state index < -0.39 is 6.04 Å². The molecule has 1 amide bonds. The summed E-state index contributed by atoms with van der Waals surface area (Å²) in [5.74, 6) is -0.227. The van der Waals surface area contributed by atoms with Gasteiger partial charge in [0.1, 0.15) is 11.0 Å². The van der Waals surface area contributed by atoms with E-state index in [0.717, 1.165) is 25.6 Å². The Labute approximate surface area is 160 Å². The average molecular weight is 435 g/mol. The lowest BCUT2D eigenvalue weighted by Gasteiger charge is -2.16. The molecule has 8 heteroatoms. The Morgan fingerprint density at radius 1 is 1.46 bits per heavy atom. The summed E-state index contributed by atoms with van der Waals surface area (Å²) in [4.78, 5) is 17.7. The van der Waals surface area contributed by atoms with Crippen LogP contribution in [-0.4, -0.2) is 30.6 Å². The van der Waals surface area contributed by atoms with E-state index in [0.29, 0.717) is 0 Å². The summed E-state index contributed by atoms with van der Waals surface area (Å²) < 4.78 is 5.91. The summed E-state index contributed by atoms with van der Waals surface area (Å²) >= 11 is 5.12. The first-order valence-corrected chi connectivity index (χ1v) is 8.82. The number of hydrogen-bond acceptors (Lipinski definition) is 5. The van der Waals surface area contributed by atoms with Crippen molar-refractivity contribution in [2.75, 3.05) is 13.7 Å². The normalized spacial score (nSPS) is 13.0. The molecule has 0 fully saturated rings. The Morgan fingerprint density at radius 2 is 2.12 bits per heavy atom. The molecular formula is C16H21BrClN3O2S. The number of methoxy groups -OCH3 is 1. The first-order chi connectivity index (χ1) is 10.9. The minimum Gasteiger partial charge on any atom is -0.383 e. The highest BCUT2D eigenvalue weighted by molar-refractivity contribution is 9.10. The fourth-order valence-electron chi connectivity index (χ4n) is 2.20. The van der Waals surface area contributed by atoms with Gasteiger partial charge in [-0.15, -0.1) is 23.7 Å². The Morgan fingerprint density at radius 3 is 2.75 bits per heavy atom. The lowest BCUT2D eigenvalue weighted by atomic mass is 10.2. The molecule has 0 radical (unpaired) electrons. The lowest BCUT2D eigenvalue weighted by molar-refractivity contribution is -0.124. The third-order valence-electron chi connectivity index (χ3n) is 3.37. The van der Waals surface area contributed by atoms with Gasteiger partial charge in [-0.2, -0.15) is 0 Å². The summed E-state index contributed by atoms with van der Waals surface area (Å²) in [7, 11) is 1.52. The number of carbonyl (C=O) groups is 1. The number of rotatable bonds is 6. The average Bonchev–Trinajstić information content (AvgIpc) is 2.89. The predicted octanol–water partition coefficient (Wildman–Crippen LogP) is 3.45. The topological polar surface area (TPSA) is 77.2 Å². The molecule has 0 bridgehead atoms. The molecule has 1 heterocycles. The van der Waals surface area contributed by atoms with Crippen molar-refractivity contribution in [3.8, 4) is 10.6 Å². The van der Waals surface area contributed by atoms with E-state index in [-0.39, 0.29) is 31.0 Å². The Hall–Kier alpha value is -0.990. The van der Waals surface area contributed by atoms with Gasteiger partial charge >= 0.3 is 0 Å². The third kappa shape index (κ3) is 5.00. The van der Waals surface area contributed by atoms with Crippen LogP contribution in [0.1, 0.15) is 23.5 Å². The SMILES string of the molecule is COCC(N)C(=O)NC(C)c1sc(-c2ccccc2Br)nc1C.Cl. The maximum atomic E-state index is 12.0. The zero-order valence-electron chi connectivity index (χ0n) is 13.7. The highest BCUT2D eigenvalue weighted by atomic mass is 79.9. The van der Waals surface area contributed by atoms with Crippen LogP contribution in [0.3, 0.4) is 0 Å². The molecule has 0 aliphatic rings. The standard InChI is InChI=1S/C16H20BrN3O2S.ClH/c1-9(19-15(21)13(18)8-22-3)14-10(2)20-16(23-14)11-6-4-5-7-12(11)17;/h4-7,9,13H,8,18H2,1-3H3,(H,19,21);1H. The van der Waals surface area contributed by atoms with Crippen LogP contribution in [-0.2, 0) is 9.53 Å². The van der Waals surface area contributed by atoms with Gasteiger partial charge in [0.05, 0.1) is 23.2 Å². The highest BCUT2D eigenvalue weighted by Crippen LogP contribution is 2.35. The molecular weight excluding hydrogens is 414 g/mol. The molecule has 1 aromatic carbocycles. The van der Waals surface area contributed by atoms with Crippen LogP contribution in [0, 0.1) is 6.92 Å².